The van der Waals surface area contributed by atoms with E-state index in [0.29, 0.717) is 0 Å². The number of likely N-dealkylation sites (N-methyl/N-ethyl adjacent to an activating group) is 1. The zero-order chi connectivity index (χ0) is 21.9. The lowest BCUT2D eigenvalue weighted by atomic mass is 9.83. The van der Waals surface area contributed by atoms with Crippen molar-refractivity contribution in [2.45, 2.75) is 80.3 Å². The summed E-state index contributed by atoms with van der Waals surface area (Å²) >= 11 is 0. The summed E-state index contributed by atoms with van der Waals surface area (Å²) in [6.45, 7) is 1.44. The van der Waals surface area contributed by atoms with Gasteiger partial charge in [0.05, 0.1) is 24.8 Å². The van der Waals surface area contributed by atoms with Crippen molar-refractivity contribution in [2.75, 3.05) is 20.2 Å². The number of aliphatic hydroxyl groups excluding tert-OH is 4. The molecule has 1 saturated heterocycles. The van der Waals surface area contributed by atoms with Gasteiger partial charge >= 0.3 is 0 Å². The fourth-order valence-electron chi connectivity index (χ4n) is 3.86. The van der Waals surface area contributed by atoms with Crippen LogP contribution < -0.4 is 22.1 Å². The third-order valence-corrected chi connectivity index (χ3v) is 5.55. The minimum Gasteiger partial charge on any atom is -0.389 e. The van der Waals surface area contributed by atoms with Gasteiger partial charge in [-0.05, 0) is 33.4 Å². The van der Waals surface area contributed by atoms with E-state index in [-0.39, 0.29) is 26.0 Å². The lowest BCUT2D eigenvalue weighted by Crippen LogP contribution is -2.68. The molecule has 0 aromatic rings. The van der Waals surface area contributed by atoms with Gasteiger partial charge in [-0.3, -0.25) is 4.79 Å². The summed E-state index contributed by atoms with van der Waals surface area (Å²) in [5.74, 6) is -0.717. The first-order chi connectivity index (χ1) is 13.5. The molecule has 1 aliphatic carbocycles. The molecule has 11 N–H and O–H groups in total. The Morgan fingerprint density at radius 3 is 2.55 bits per heavy atom. The van der Waals surface area contributed by atoms with Crippen molar-refractivity contribution < 1.29 is 39.8 Å². The van der Waals surface area contributed by atoms with Crippen LogP contribution in [-0.2, 0) is 14.3 Å². The molecule has 12 heteroatoms. The highest BCUT2D eigenvalue weighted by molar-refractivity contribution is 5.80. The quantitative estimate of drug-likeness (QED) is 0.189. The third-order valence-electron chi connectivity index (χ3n) is 5.55. The topological polar surface area (TPSA) is 213 Å². The standard InChI is InChI=1S/C17H34N4O8/c1-17(27)6-28-16(12(25)14(17)20-2)29-13-8(5-7(19)10(23)11(13)24)21-15(26)9(22)3-4-18/h7-14,16,20,22-25,27H,3-6,18-19H2,1-2H3,(H,21,26)/t7-,8+,9-,10?,11-,12+,13-,14+,16+,17-/m0/s1. The largest absolute Gasteiger partial charge is 0.389 e. The number of amides is 1. The van der Waals surface area contributed by atoms with Crippen molar-refractivity contribution in [3.63, 3.8) is 0 Å². The van der Waals surface area contributed by atoms with Gasteiger partial charge in [0, 0.05) is 6.04 Å². The lowest BCUT2D eigenvalue weighted by Gasteiger charge is -2.47. The molecule has 0 spiro atoms. The van der Waals surface area contributed by atoms with Gasteiger partial charge in [0.1, 0.15) is 30.0 Å². The van der Waals surface area contributed by atoms with Gasteiger partial charge in [0.25, 0.3) is 0 Å². The number of hydrogen-bond acceptors (Lipinski definition) is 11. The number of rotatable bonds is 7. The third kappa shape index (κ3) is 5.41. The Hall–Kier alpha value is -0.930. The van der Waals surface area contributed by atoms with Crippen molar-refractivity contribution in [3.8, 4) is 0 Å². The van der Waals surface area contributed by atoms with E-state index in [0.717, 1.165) is 0 Å². The number of ether oxygens (including phenoxy) is 2. The molecule has 1 saturated carbocycles. The van der Waals surface area contributed by atoms with Crippen molar-refractivity contribution in [1.29, 1.82) is 0 Å². The highest BCUT2D eigenvalue weighted by Gasteiger charge is 2.50. The summed E-state index contributed by atoms with van der Waals surface area (Å²) in [4.78, 5) is 12.2. The molecule has 2 rings (SSSR count). The van der Waals surface area contributed by atoms with E-state index < -0.39 is 66.4 Å². The Morgan fingerprint density at radius 1 is 1.31 bits per heavy atom. The Labute approximate surface area is 169 Å². The first-order valence-corrected chi connectivity index (χ1v) is 9.68. The zero-order valence-corrected chi connectivity index (χ0v) is 16.6. The molecular formula is C17H34N4O8. The SMILES string of the molecule is CN[C@@H]1[C@@H](O)[C@@H](O[C@H]2[C@H](NC(=O)[C@@H](O)CCN)C[C@H](N)C(O)[C@@H]2O)OC[C@]1(C)O. The van der Waals surface area contributed by atoms with Gasteiger partial charge in [0.2, 0.25) is 5.91 Å². The highest BCUT2D eigenvalue weighted by atomic mass is 16.7. The van der Waals surface area contributed by atoms with Crippen LogP contribution >= 0.6 is 0 Å². The second-order valence-electron chi connectivity index (χ2n) is 7.98. The van der Waals surface area contributed by atoms with Crippen LogP contribution in [0.25, 0.3) is 0 Å². The predicted octanol–water partition coefficient (Wildman–Crippen LogP) is -4.92. The van der Waals surface area contributed by atoms with Crippen LogP contribution in [0, 0.1) is 0 Å². The lowest BCUT2D eigenvalue weighted by molar-refractivity contribution is -0.297. The number of hydrogen-bond donors (Lipinski definition) is 9. The second kappa shape index (κ2) is 9.92. The average molecular weight is 422 g/mol. The maximum absolute atomic E-state index is 12.2. The molecule has 1 aliphatic heterocycles. The molecule has 2 fully saturated rings. The Morgan fingerprint density at radius 2 is 1.97 bits per heavy atom. The van der Waals surface area contributed by atoms with Crippen LogP contribution in [0.3, 0.4) is 0 Å². The molecule has 170 valence electrons. The molecule has 0 radical (unpaired) electrons. The second-order valence-corrected chi connectivity index (χ2v) is 7.98. The van der Waals surface area contributed by atoms with Gasteiger partial charge in [-0.15, -0.1) is 0 Å². The minimum atomic E-state index is -1.48. The Bertz CT molecular complexity index is 554. The van der Waals surface area contributed by atoms with Crippen molar-refractivity contribution in [2.24, 2.45) is 11.5 Å². The zero-order valence-electron chi connectivity index (χ0n) is 16.6. The first-order valence-electron chi connectivity index (χ1n) is 9.68. The van der Waals surface area contributed by atoms with Crippen LogP contribution in [0.4, 0.5) is 0 Å². The van der Waals surface area contributed by atoms with Crippen LogP contribution in [0.15, 0.2) is 0 Å². The summed E-state index contributed by atoms with van der Waals surface area (Å²) in [7, 11) is 1.56. The fraction of sp³-hybridized carbons (Fsp3) is 0.941. The van der Waals surface area contributed by atoms with Crippen molar-refractivity contribution in [1.82, 2.24) is 10.6 Å². The van der Waals surface area contributed by atoms with Crippen LogP contribution in [0.5, 0.6) is 0 Å². The smallest absolute Gasteiger partial charge is 0.249 e. The molecule has 0 aromatic carbocycles. The molecule has 1 heterocycles. The minimum absolute atomic E-state index is 0.0463. The molecule has 0 bridgehead atoms. The van der Waals surface area contributed by atoms with Crippen LogP contribution in [-0.4, -0.2) is 112 Å². The number of aliphatic hydroxyl groups is 5. The number of nitrogens with one attached hydrogen (secondary N) is 2. The van der Waals surface area contributed by atoms with Crippen LogP contribution in [0.1, 0.15) is 19.8 Å². The number of nitrogens with two attached hydrogens (primary N) is 2. The summed E-state index contributed by atoms with van der Waals surface area (Å²) in [6.07, 6.45) is -7.79. The summed E-state index contributed by atoms with van der Waals surface area (Å²) in [5.41, 5.74) is 9.84. The Balaban J connectivity index is 2.16. The van der Waals surface area contributed by atoms with Gasteiger partial charge in [0.15, 0.2) is 6.29 Å². The number of carbonyl (C=O) groups is 1. The van der Waals surface area contributed by atoms with E-state index in [1.165, 1.54) is 6.92 Å². The van der Waals surface area contributed by atoms with Gasteiger partial charge in [-0.25, -0.2) is 0 Å². The monoisotopic (exact) mass is 422 g/mol. The molecule has 12 nitrogen and oxygen atoms in total. The van der Waals surface area contributed by atoms with Gasteiger partial charge in [-0.1, -0.05) is 0 Å². The summed E-state index contributed by atoms with van der Waals surface area (Å²) in [6, 6.07) is -2.49. The van der Waals surface area contributed by atoms with E-state index in [4.69, 9.17) is 20.9 Å². The molecule has 29 heavy (non-hydrogen) atoms. The highest BCUT2D eigenvalue weighted by Crippen LogP contribution is 2.29. The molecule has 1 unspecified atom stereocenters. The van der Waals surface area contributed by atoms with Crippen molar-refractivity contribution >= 4 is 5.91 Å². The van der Waals surface area contributed by atoms with E-state index in [1.54, 1.807) is 7.05 Å². The predicted molar refractivity (Wildman–Crippen MR) is 100 cm³/mol. The number of carbonyl (C=O) groups excluding carboxylic acids is 1. The van der Waals surface area contributed by atoms with E-state index in [1.807, 2.05) is 0 Å². The molecule has 2 aliphatic rings. The summed E-state index contributed by atoms with van der Waals surface area (Å²) in [5, 5.41) is 56.7. The molecule has 10 atom stereocenters. The normalized spacial score (nSPS) is 44.3. The van der Waals surface area contributed by atoms with E-state index in [9.17, 15) is 30.3 Å². The maximum Gasteiger partial charge on any atom is 0.249 e. The van der Waals surface area contributed by atoms with Gasteiger partial charge < -0.3 is 57.1 Å². The maximum atomic E-state index is 12.2. The molecular weight excluding hydrogens is 388 g/mol. The molecule has 0 aromatic heterocycles. The summed E-state index contributed by atoms with van der Waals surface area (Å²) < 4.78 is 11.2. The van der Waals surface area contributed by atoms with Gasteiger partial charge in [-0.2, -0.15) is 0 Å². The fourth-order valence-corrected chi connectivity index (χ4v) is 3.86. The van der Waals surface area contributed by atoms with Crippen molar-refractivity contribution in [3.05, 3.63) is 0 Å². The van der Waals surface area contributed by atoms with Crippen LogP contribution in [0.2, 0.25) is 0 Å². The first kappa shape index (κ1) is 24.3. The van der Waals surface area contributed by atoms with E-state index >= 15 is 0 Å². The molecule has 1 amide bonds. The van der Waals surface area contributed by atoms with E-state index in [2.05, 4.69) is 10.6 Å². The average Bonchev–Trinajstić information content (AvgIpc) is 2.65. The Kier molecular flexibility index (Phi) is 8.32.